The van der Waals surface area contributed by atoms with Gasteiger partial charge < -0.3 is 24.6 Å². The number of nitrogens with one attached hydrogen (secondary N) is 1. The van der Waals surface area contributed by atoms with Crippen LogP contribution in [0.3, 0.4) is 0 Å². The van der Waals surface area contributed by atoms with Crippen LogP contribution in [-0.4, -0.2) is 75.0 Å². The molecule has 1 amide bonds. The third-order valence-electron chi connectivity index (χ3n) is 4.30. The van der Waals surface area contributed by atoms with Crippen molar-refractivity contribution in [3.8, 4) is 11.5 Å². The number of rotatable bonds is 11. The summed E-state index contributed by atoms with van der Waals surface area (Å²) in [6, 6.07) is 5.71. The lowest BCUT2D eigenvalue weighted by molar-refractivity contribution is -0.138. The smallest absolute Gasteiger partial charge is 0.303 e. The van der Waals surface area contributed by atoms with Gasteiger partial charge in [0.1, 0.15) is 6.61 Å². The summed E-state index contributed by atoms with van der Waals surface area (Å²) in [6.45, 7) is 5.26. The van der Waals surface area contributed by atoms with Crippen molar-refractivity contribution in [1.29, 1.82) is 0 Å². The summed E-state index contributed by atoms with van der Waals surface area (Å²) in [5, 5.41) is 11.3. The summed E-state index contributed by atoms with van der Waals surface area (Å²) in [7, 11) is 1.60. The zero-order valence-electron chi connectivity index (χ0n) is 15.7. The highest BCUT2D eigenvalue weighted by Crippen LogP contribution is 2.28. The van der Waals surface area contributed by atoms with Gasteiger partial charge >= 0.3 is 5.97 Å². The Balaban J connectivity index is 1.75. The monoisotopic (exact) mass is 380 g/mol. The molecule has 2 N–H and O–H groups in total. The average Bonchev–Trinajstić information content (AvgIpc) is 2.68. The van der Waals surface area contributed by atoms with Crippen molar-refractivity contribution in [2.75, 3.05) is 53.1 Å². The summed E-state index contributed by atoms with van der Waals surface area (Å²) < 4.78 is 16.6. The van der Waals surface area contributed by atoms with Crippen LogP contribution >= 0.6 is 0 Å². The molecule has 1 fully saturated rings. The molecule has 2 rings (SSSR count). The van der Waals surface area contributed by atoms with E-state index in [4.69, 9.17) is 19.3 Å². The highest BCUT2D eigenvalue weighted by atomic mass is 16.5. The van der Waals surface area contributed by atoms with E-state index in [1.165, 1.54) is 0 Å². The first kappa shape index (κ1) is 21.0. The number of amides is 1. The molecule has 1 saturated heterocycles. The zero-order valence-corrected chi connectivity index (χ0v) is 15.7. The van der Waals surface area contributed by atoms with Gasteiger partial charge in [-0.2, -0.15) is 0 Å². The maximum absolute atomic E-state index is 11.5. The summed E-state index contributed by atoms with van der Waals surface area (Å²) in [6.07, 6.45) is 0.466. The van der Waals surface area contributed by atoms with Crippen molar-refractivity contribution in [2.45, 2.75) is 19.3 Å². The minimum Gasteiger partial charge on any atom is -0.493 e. The van der Waals surface area contributed by atoms with Crippen molar-refractivity contribution in [3.05, 3.63) is 23.8 Å². The molecule has 0 aromatic heterocycles. The Kier molecular flexibility index (Phi) is 8.86. The first-order valence-electron chi connectivity index (χ1n) is 9.17. The molecular weight excluding hydrogens is 352 g/mol. The molecule has 8 heteroatoms. The standard InChI is InChI=1S/C19H28N2O6/c1-25-17-14-15(6-7-20-18(22)4-5-19(23)24)2-3-16(17)27-13-10-21-8-11-26-12-9-21/h2-3,14H,4-13H2,1H3,(H,20,22)(H,23,24). The lowest BCUT2D eigenvalue weighted by Crippen LogP contribution is -2.38. The van der Waals surface area contributed by atoms with Crippen LogP contribution in [0.4, 0.5) is 0 Å². The van der Waals surface area contributed by atoms with Crippen molar-refractivity contribution in [2.24, 2.45) is 0 Å². The Morgan fingerprint density at radius 2 is 2.00 bits per heavy atom. The fourth-order valence-corrected chi connectivity index (χ4v) is 2.75. The molecule has 0 bridgehead atoms. The van der Waals surface area contributed by atoms with Crippen LogP contribution in [0.5, 0.6) is 11.5 Å². The van der Waals surface area contributed by atoms with E-state index >= 15 is 0 Å². The number of carboxylic acid groups (broad SMARTS) is 1. The molecular formula is C19H28N2O6. The number of aliphatic carboxylic acids is 1. The van der Waals surface area contributed by atoms with Gasteiger partial charge in [-0.05, 0) is 24.1 Å². The van der Waals surface area contributed by atoms with Crippen LogP contribution in [0.15, 0.2) is 18.2 Å². The fraction of sp³-hybridized carbons (Fsp3) is 0.579. The number of morpholine rings is 1. The molecule has 27 heavy (non-hydrogen) atoms. The SMILES string of the molecule is COc1cc(CCNC(=O)CCC(=O)O)ccc1OCCN1CCOCC1. The topological polar surface area (TPSA) is 97.3 Å². The molecule has 0 radical (unpaired) electrons. The van der Waals surface area contributed by atoms with E-state index in [2.05, 4.69) is 10.2 Å². The van der Waals surface area contributed by atoms with Crippen molar-refractivity contribution in [3.63, 3.8) is 0 Å². The normalized spacial score (nSPS) is 14.6. The van der Waals surface area contributed by atoms with E-state index in [1.54, 1.807) is 7.11 Å². The van der Waals surface area contributed by atoms with Crippen LogP contribution in [0.2, 0.25) is 0 Å². The van der Waals surface area contributed by atoms with E-state index < -0.39 is 5.97 Å². The second-order valence-electron chi connectivity index (χ2n) is 6.28. The van der Waals surface area contributed by atoms with Gasteiger partial charge in [-0.15, -0.1) is 0 Å². The van der Waals surface area contributed by atoms with Gasteiger partial charge in [0.2, 0.25) is 5.91 Å². The molecule has 1 aliphatic heterocycles. The highest BCUT2D eigenvalue weighted by molar-refractivity contribution is 5.80. The zero-order chi connectivity index (χ0) is 19.5. The minimum atomic E-state index is -0.973. The van der Waals surface area contributed by atoms with Gasteiger partial charge in [0.05, 0.1) is 26.7 Å². The number of ether oxygens (including phenoxy) is 3. The predicted molar refractivity (Wildman–Crippen MR) is 99.3 cm³/mol. The lowest BCUT2D eigenvalue weighted by Gasteiger charge is -2.26. The molecule has 0 atom stereocenters. The van der Waals surface area contributed by atoms with Crippen LogP contribution in [0.25, 0.3) is 0 Å². The van der Waals surface area contributed by atoms with Gasteiger partial charge in [-0.1, -0.05) is 6.07 Å². The molecule has 1 aromatic carbocycles. The van der Waals surface area contributed by atoms with Crippen molar-refractivity contribution in [1.82, 2.24) is 10.2 Å². The Bertz CT molecular complexity index is 616. The van der Waals surface area contributed by atoms with Crippen LogP contribution < -0.4 is 14.8 Å². The minimum absolute atomic E-state index is 0.00538. The van der Waals surface area contributed by atoms with Gasteiger partial charge in [-0.25, -0.2) is 0 Å². The van der Waals surface area contributed by atoms with Gasteiger partial charge in [-0.3, -0.25) is 14.5 Å². The summed E-state index contributed by atoms with van der Waals surface area (Å²) in [5.74, 6) is 0.123. The first-order chi connectivity index (χ1) is 13.1. The fourth-order valence-electron chi connectivity index (χ4n) is 2.75. The van der Waals surface area contributed by atoms with Gasteiger partial charge in [0.25, 0.3) is 0 Å². The van der Waals surface area contributed by atoms with Crippen LogP contribution in [0.1, 0.15) is 18.4 Å². The number of methoxy groups -OCH3 is 1. The second kappa shape index (κ2) is 11.4. The molecule has 150 valence electrons. The third-order valence-corrected chi connectivity index (χ3v) is 4.30. The molecule has 0 saturated carbocycles. The number of benzene rings is 1. The number of carbonyl (C=O) groups is 2. The number of hydrogen-bond donors (Lipinski definition) is 2. The van der Waals surface area contributed by atoms with E-state index in [0.717, 1.165) is 38.4 Å². The maximum Gasteiger partial charge on any atom is 0.303 e. The molecule has 0 spiro atoms. The lowest BCUT2D eigenvalue weighted by atomic mass is 10.1. The quantitative estimate of drug-likeness (QED) is 0.589. The van der Waals surface area contributed by atoms with E-state index in [9.17, 15) is 9.59 Å². The van der Waals surface area contributed by atoms with Crippen molar-refractivity contribution < 1.29 is 28.9 Å². The Morgan fingerprint density at radius 3 is 2.70 bits per heavy atom. The first-order valence-corrected chi connectivity index (χ1v) is 9.17. The maximum atomic E-state index is 11.5. The van der Waals surface area contributed by atoms with Crippen molar-refractivity contribution >= 4 is 11.9 Å². The Labute approximate surface area is 159 Å². The summed E-state index contributed by atoms with van der Waals surface area (Å²) in [4.78, 5) is 24.3. The predicted octanol–water partition coefficient (Wildman–Crippen LogP) is 0.930. The molecule has 0 unspecified atom stereocenters. The van der Waals surface area contributed by atoms with E-state index in [0.29, 0.717) is 31.1 Å². The largest absolute Gasteiger partial charge is 0.493 e. The van der Waals surface area contributed by atoms with Crippen LogP contribution in [-0.2, 0) is 20.7 Å². The van der Waals surface area contributed by atoms with E-state index in [1.807, 2.05) is 18.2 Å². The Hall–Kier alpha value is -2.32. The van der Waals surface area contributed by atoms with E-state index in [-0.39, 0.29) is 18.7 Å². The summed E-state index contributed by atoms with van der Waals surface area (Å²) in [5.41, 5.74) is 1.01. The van der Waals surface area contributed by atoms with Crippen LogP contribution in [0, 0.1) is 0 Å². The molecule has 0 aliphatic carbocycles. The molecule has 1 aliphatic rings. The van der Waals surface area contributed by atoms with Gasteiger partial charge in [0.15, 0.2) is 11.5 Å². The molecule has 1 aromatic rings. The number of nitrogens with zero attached hydrogens (tertiary/aromatic N) is 1. The Morgan fingerprint density at radius 1 is 1.22 bits per heavy atom. The number of hydrogen-bond acceptors (Lipinski definition) is 6. The molecule has 1 heterocycles. The van der Waals surface area contributed by atoms with Gasteiger partial charge in [0, 0.05) is 32.6 Å². The second-order valence-corrected chi connectivity index (χ2v) is 6.28. The summed E-state index contributed by atoms with van der Waals surface area (Å²) >= 11 is 0. The highest BCUT2D eigenvalue weighted by Gasteiger charge is 2.11. The number of carbonyl (C=O) groups excluding carboxylic acids is 1. The third kappa shape index (κ3) is 7.84. The molecule has 8 nitrogen and oxygen atoms in total. The average molecular weight is 380 g/mol. The number of carboxylic acids is 1.